The van der Waals surface area contributed by atoms with Gasteiger partial charge >= 0.3 is 5.97 Å². The topological polar surface area (TPSA) is 70.1 Å². The summed E-state index contributed by atoms with van der Waals surface area (Å²) in [5.74, 6) is 0.539. The number of anilines is 1. The third kappa shape index (κ3) is 2.52. The predicted molar refractivity (Wildman–Crippen MR) is 78.0 cm³/mol. The van der Waals surface area contributed by atoms with E-state index in [0.717, 1.165) is 29.9 Å². The van der Waals surface area contributed by atoms with E-state index in [1.54, 1.807) is 12.3 Å². The van der Waals surface area contributed by atoms with Crippen LogP contribution in [0.2, 0.25) is 0 Å². The van der Waals surface area contributed by atoms with Gasteiger partial charge in [0.05, 0.1) is 12.7 Å². The summed E-state index contributed by atoms with van der Waals surface area (Å²) in [4.78, 5) is 16.1. The molecular weight excluding hydrogens is 254 g/mol. The largest absolute Gasteiger partial charge is 0.465 e. The lowest BCUT2D eigenvalue weighted by molar-refractivity contribution is 0.0602. The van der Waals surface area contributed by atoms with Crippen molar-refractivity contribution in [3.05, 3.63) is 41.5 Å². The molecule has 106 valence electrons. The Morgan fingerprint density at radius 3 is 2.85 bits per heavy atom. The number of methoxy groups -OCH3 is 1. The fourth-order valence-corrected chi connectivity index (χ4v) is 2.18. The lowest BCUT2D eigenvalue weighted by atomic mass is 10.1. The van der Waals surface area contributed by atoms with Gasteiger partial charge in [0.15, 0.2) is 0 Å². The summed E-state index contributed by atoms with van der Waals surface area (Å²) < 4.78 is 6.75. The maximum absolute atomic E-state index is 11.8. The van der Waals surface area contributed by atoms with E-state index in [0.29, 0.717) is 11.3 Å². The molecule has 0 fully saturated rings. The minimum absolute atomic E-state index is 0.388. The Balaban J connectivity index is 2.55. The van der Waals surface area contributed by atoms with Gasteiger partial charge in [-0.1, -0.05) is 6.92 Å². The molecule has 2 N–H and O–H groups in total. The molecule has 0 aliphatic carbocycles. The van der Waals surface area contributed by atoms with Crippen LogP contribution >= 0.6 is 0 Å². The van der Waals surface area contributed by atoms with Crippen molar-refractivity contribution >= 4 is 11.7 Å². The van der Waals surface area contributed by atoms with Crippen molar-refractivity contribution in [2.45, 2.75) is 26.7 Å². The van der Waals surface area contributed by atoms with Crippen LogP contribution in [-0.2, 0) is 11.2 Å². The number of benzene rings is 1. The van der Waals surface area contributed by atoms with Crippen molar-refractivity contribution in [2.24, 2.45) is 0 Å². The number of rotatable bonds is 4. The molecule has 0 amide bonds. The van der Waals surface area contributed by atoms with Gasteiger partial charge < -0.3 is 15.0 Å². The van der Waals surface area contributed by atoms with Gasteiger partial charge in [0, 0.05) is 30.2 Å². The first-order valence-electron chi connectivity index (χ1n) is 6.59. The average molecular weight is 273 g/mol. The monoisotopic (exact) mass is 273 g/mol. The lowest BCUT2D eigenvalue weighted by Gasteiger charge is -2.13. The minimum Gasteiger partial charge on any atom is -0.465 e. The van der Waals surface area contributed by atoms with E-state index < -0.39 is 5.97 Å². The Bertz CT molecular complexity index is 632. The van der Waals surface area contributed by atoms with Crippen molar-refractivity contribution in [3.8, 4) is 5.69 Å². The second-order valence-corrected chi connectivity index (χ2v) is 4.68. The van der Waals surface area contributed by atoms with E-state index in [9.17, 15) is 4.79 Å². The molecule has 0 unspecified atom stereocenters. The SMILES string of the molecule is CCCc1nccn1-c1cc(C)c(N)c(C(=O)OC)c1. The number of nitrogens with two attached hydrogens (primary N) is 1. The molecule has 5 nitrogen and oxygen atoms in total. The molecule has 5 heteroatoms. The first kappa shape index (κ1) is 14.1. The van der Waals surface area contributed by atoms with Crippen LogP contribution in [0.4, 0.5) is 5.69 Å². The van der Waals surface area contributed by atoms with E-state index in [-0.39, 0.29) is 0 Å². The number of ether oxygens (including phenoxy) is 1. The molecule has 0 spiro atoms. The summed E-state index contributed by atoms with van der Waals surface area (Å²) in [6.07, 6.45) is 5.53. The summed E-state index contributed by atoms with van der Waals surface area (Å²) in [5, 5.41) is 0. The number of hydrogen-bond donors (Lipinski definition) is 1. The molecule has 2 aromatic rings. The standard InChI is InChI=1S/C15H19N3O2/c1-4-5-13-17-6-7-18(13)11-8-10(2)14(16)12(9-11)15(19)20-3/h6-9H,4-5,16H2,1-3H3. The molecule has 0 radical (unpaired) electrons. The number of aryl methyl sites for hydroxylation is 2. The molecule has 1 aromatic heterocycles. The summed E-state index contributed by atoms with van der Waals surface area (Å²) in [7, 11) is 1.35. The Morgan fingerprint density at radius 1 is 1.45 bits per heavy atom. The predicted octanol–water partition coefficient (Wildman–Crippen LogP) is 2.50. The van der Waals surface area contributed by atoms with Crippen molar-refractivity contribution in [1.29, 1.82) is 0 Å². The van der Waals surface area contributed by atoms with E-state index in [1.165, 1.54) is 7.11 Å². The highest BCUT2D eigenvalue weighted by Gasteiger charge is 2.15. The van der Waals surface area contributed by atoms with Gasteiger partial charge in [0.2, 0.25) is 0 Å². The lowest BCUT2D eigenvalue weighted by Crippen LogP contribution is -2.09. The first-order chi connectivity index (χ1) is 9.58. The fraction of sp³-hybridized carbons (Fsp3) is 0.333. The van der Waals surface area contributed by atoms with Gasteiger partial charge in [0.1, 0.15) is 5.82 Å². The Morgan fingerprint density at radius 2 is 2.20 bits per heavy atom. The number of esters is 1. The zero-order valence-corrected chi connectivity index (χ0v) is 12.0. The fourth-order valence-electron chi connectivity index (χ4n) is 2.18. The molecule has 0 saturated carbocycles. The molecule has 0 saturated heterocycles. The van der Waals surface area contributed by atoms with Crippen molar-refractivity contribution in [1.82, 2.24) is 9.55 Å². The van der Waals surface area contributed by atoms with Crippen molar-refractivity contribution in [2.75, 3.05) is 12.8 Å². The van der Waals surface area contributed by atoms with Crippen LogP contribution in [0.15, 0.2) is 24.5 Å². The zero-order valence-electron chi connectivity index (χ0n) is 12.0. The number of nitrogen functional groups attached to an aromatic ring is 1. The second-order valence-electron chi connectivity index (χ2n) is 4.68. The van der Waals surface area contributed by atoms with Gasteiger partial charge in [-0.15, -0.1) is 0 Å². The number of carbonyl (C=O) groups excluding carboxylic acids is 1. The van der Waals surface area contributed by atoms with Crippen LogP contribution in [0.1, 0.15) is 35.1 Å². The van der Waals surface area contributed by atoms with Crippen LogP contribution in [0.5, 0.6) is 0 Å². The van der Waals surface area contributed by atoms with Crippen molar-refractivity contribution in [3.63, 3.8) is 0 Å². The van der Waals surface area contributed by atoms with E-state index in [4.69, 9.17) is 10.5 Å². The van der Waals surface area contributed by atoms with Crippen LogP contribution < -0.4 is 5.73 Å². The minimum atomic E-state index is -0.426. The zero-order chi connectivity index (χ0) is 14.7. The molecule has 20 heavy (non-hydrogen) atoms. The molecule has 0 aliphatic rings. The highest BCUT2D eigenvalue weighted by atomic mass is 16.5. The maximum Gasteiger partial charge on any atom is 0.340 e. The van der Waals surface area contributed by atoms with Crippen LogP contribution in [0, 0.1) is 6.92 Å². The summed E-state index contributed by atoms with van der Waals surface area (Å²) >= 11 is 0. The number of nitrogens with zero attached hydrogens (tertiary/aromatic N) is 2. The third-order valence-corrected chi connectivity index (χ3v) is 3.25. The van der Waals surface area contributed by atoms with E-state index in [2.05, 4.69) is 11.9 Å². The molecule has 2 rings (SSSR count). The Hall–Kier alpha value is -2.30. The smallest absolute Gasteiger partial charge is 0.340 e. The van der Waals surface area contributed by atoms with Crippen LogP contribution in [-0.4, -0.2) is 22.6 Å². The highest BCUT2D eigenvalue weighted by Crippen LogP contribution is 2.24. The quantitative estimate of drug-likeness (QED) is 0.686. The van der Waals surface area contributed by atoms with Crippen LogP contribution in [0.25, 0.3) is 5.69 Å². The van der Waals surface area contributed by atoms with E-state index in [1.807, 2.05) is 23.8 Å². The molecule has 1 aromatic carbocycles. The Labute approximate surface area is 118 Å². The summed E-state index contributed by atoms with van der Waals surface area (Å²) in [5.41, 5.74) is 8.52. The van der Waals surface area contributed by atoms with Gasteiger partial charge in [-0.3, -0.25) is 0 Å². The van der Waals surface area contributed by atoms with Gasteiger partial charge in [-0.25, -0.2) is 9.78 Å². The number of imidazole rings is 1. The molecule has 0 aliphatic heterocycles. The summed E-state index contributed by atoms with van der Waals surface area (Å²) in [6, 6.07) is 3.69. The van der Waals surface area contributed by atoms with Gasteiger partial charge in [-0.05, 0) is 31.0 Å². The third-order valence-electron chi connectivity index (χ3n) is 3.25. The normalized spacial score (nSPS) is 10.6. The summed E-state index contributed by atoms with van der Waals surface area (Å²) in [6.45, 7) is 3.98. The number of hydrogen-bond acceptors (Lipinski definition) is 4. The van der Waals surface area contributed by atoms with Gasteiger partial charge in [-0.2, -0.15) is 0 Å². The Kier molecular flexibility index (Phi) is 4.08. The highest BCUT2D eigenvalue weighted by molar-refractivity contribution is 5.96. The molecule has 1 heterocycles. The average Bonchev–Trinajstić information content (AvgIpc) is 2.89. The van der Waals surface area contributed by atoms with Crippen molar-refractivity contribution < 1.29 is 9.53 Å². The first-order valence-corrected chi connectivity index (χ1v) is 6.59. The second kappa shape index (κ2) is 5.77. The molecule has 0 atom stereocenters. The van der Waals surface area contributed by atoms with Crippen LogP contribution in [0.3, 0.4) is 0 Å². The molecular formula is C15H19N3O2. The van der Waals surface area contributed by atoms with E-state index >= 15 is 0 Å². The number of carbonyl (C=O) groups is 1. The maximum atomic E-state index is 11.8. The van der Waals surface area contributed by atoms with Gasteiger partial charge in [0.25, 0.3) is 0 Å². The number of aromatic nitrogens is 2. The molecule has 0 bridgehead atoms.